The van der Waals surface area contributed by atoms with Gasteiger partial charge < -0.3 is 25.1 Å². The predicted octanol–water partition coefficient (Wildman–Crippen LogP) is 4.96. The summed E-state index contributed by atoms with van der Waals surface area (Å²) >= 11 is 0. The molecule has 0 saturated carbocycles. The van der Waals surface area contributed by atoms with Gasteiger partial charge in [0.25, 0.3) is 0 Å². The van der Waals surface area contributed by atoms with Gasteiger partial charge in [0.15, 0.2) is 11.5 Å². The summed E-state index contributed by atoms with van der Waals surface area (Å²) in [6.45, 7) is 6.14. The Balaban J connectivity index is 2.16. The van der Waals surface area contributed by atoms with Gasteiger partial charge in [-0.25, -0.2) is 4.79 Å². The van der Waals surface area contributed by atoms with Crippen molar-refractivity contribution in [1.82, 2.24) is 0 Å². The Labute approximate surface area is 184 Å². The van der Waals surface area contributed by atoms with E-state index in [1.54, 1.807) is 0 Å². The summed E-state index contributed by atoms with van der Waals surface area (Å²) in [4.78, 5) is 11.3. The highest BCUT2D eigenvalue weighted by molar-refractivity contribution is 5.90. The summed E-state index contributed by atoms with van der Waals surface area (Å²) in [7, 11) is 0. The van der Waals surface area contributed by atoms with Crippen LogP contribution in [0, 0.1) is 0 Å². The van der Waals surface area contributed by atoms with Crippen LogP contribution in [0.5, 0.6) is 11.5 Å². The Kier molecular flexibility index (Phi) is 10.4. The van der Waals surface area contributed by atoms with E-state index in [4.69, 9.17) is 19.9 Å². The number of carbonyl (C=O) groups is 1. The third kappa shape index (κ3) is 8.72. The van der Waals surface area contributed by atoms with E-state index < -0.39 is 5.97 Å². The first-order valence-corrected chi connectivity index (χ1v) is 10.8. The SMILES string of the molecule is CCCCOc1cc(/C(=C\C(=O)O)CCOCC)ccc1OCCc1ccc(N)cc1. The Morgan fingerprint density at radius 2 is 1.74 bits per heavy atom. The van der Waals surface area contributed by atoms with E-state index in [1.807, 2.05) is 49.4 Å². The van der Waals surface area contributed by atoms with Crippen molar-refractivity contribution < 1.29 is 24.1 Å². The quantitative estimate of drug-likeness (QED) is 0.251. The highest BCUT2D eigenvalue weighted by Crippen LogP contribution is 2.32. The standard InChI is InChI=1S/C25H33NO5/c1-3-5-14-30-24-17-20(21(18-25(27)28)13-15-29-4-2)8-11-23(24)31-16-12-19-6-9-22(26)10-7-19/h6-11,17-18H,3-5,12-16,26H2,1-2H3,(H,27,28)/b21-18-. The molecule has 0 radical (unpaired) electrons. The Morgan fingerprint density at radius 3 is 2.42 bits per heavy atom. The number of unbranched alkanes of at least 4 members (excludes halogenated alkanes) is 1. The summed E-state index contributed by atoms with van der Waals surface area (Å²) in [5.74, 6) is 0.287. The summed E-state index contributed by atoms with van der Waals surface area (Å²) in [5.41, 5.74) is 9.09. The van der Waals surface area contributed by atoms with E-state index in [9.17, 15) is 9.90 Å². The molecule has 2 aromatic carbocycles. The van der Waals surface area contributed by atoms with Gasteiger partial charge in [0, 0.05) is 24.8 Å². The summed E-state index contributed by atoms with van der Waals surface area (Å²) in [6.07, 6.45) is 4.43. The molecule has 0 fully saturated rings. The van der Waals surface area contributed by atoms with E-state index in [2.05, 4.69) is 6.92 Å². The molecule has 0 aliphatic heterocycles. The number of nitrogen functional groups attached to an aromatic ring is 1. The van der Waals surface area contributed by atoms with Crippen LogP contribution < -0.4 is 15.2 Å². The van der Waals surface area contributed by atoms with Crippen molar-refractivity contribution in [3.8, 4) is 11.5 Å². The second-order valence-corrected chi connectivity index (χ2v) is 7.16. The largest absolute Gasteiger partial charge is 0.490 e. The minimum atomic E-state index is -0.983. The lowest BCUT2D eigenvalue weighted by Gasteiger charge is -2.16. The van der Waals surface area contributed by atoms with Gasteiger partial charge in [-0.1, -0.05) is 31.5 Å². The summed E-state index contributed by atoms with van der Waals surface area (Å²) in [5, 5.41) is 9.26. The molecule has 0 heterocycles. The molecule has 0 saturated heterocycles. The molecule has 0 spiro atoms. The maximum Gasteiger partial charge on any atom is 0.328 e. The van der Waals surface area contributed by atoms with Crippen LogP contribution in [-0.4, -0.2) is 37.5 Å². The second kappa shape index (κ2) is 13.3. The van der Waals surface area contributed by atoms with Crippen LogP contribution in [0.15, 0.2) is 48.5 Å². The van der Waals surface area contributed by atoms with Crippen LogP contribution in [0.3, 0.4) is 0 Å². The number of benzene rings is 2. The van der Waals surface area contributed by atoms with Gasteiger partial charge in [-0.05, 0) is 60.7 Å². The monoisotopic (exact) mass is 427 g/mol. The number of nitrogens with two attached hydrogens (primary N) is 1. The smallest absolute Gasteiger partial charge is 0.328 e. The Bertz CT molecular complexity index is 845. The van der Waals surface area contributed by atoms with Gasteiger partial charge >= 0.3 is 5.97 Å². The highest BCUT2D eigenvalue weighted by atomic mass is 16.5. The third-order valence-electron chi connectivity index (χ3n) is 4.72. The van der Waals surface area contributed by atoms with Gasteiger partial charge in [0.2, 0.25) is 0 Å². The number of carboxylic acids is 1. The first kappa shape index (κ1) is 24.3. The zero-order chi connectivity index (χ0) is 22.5. The molecule has 0 aliphatic carbocycles. The lowest BCUT2D eigenvalue weighted by Crippen LogP contribution is -2.05. The van der Waals surface area contributed by atoms with Gasteiger partial charge in [-0.15, -0.1) is 0 Å². The van der Waals surface area contributed by atoms with E-state index in [0.29, 0.717) is 49.9 Å². The molecule has 0 atom stereocenters. The summed E-state index contributed by atoms with van der Waals surface area (Å²) < 4.78 is 17.4. The molecule has 168 valence electrons. The normalized spacial score (nSPS) is 11.4. The highest BCUT2D eigenvalue weighted by Gasteiger charge is 2.12. The number of carboxylic acid groups (broad SMARTS) is 1. The van der Waals surface area contributed by atoms with E-state index in [0.717, 1.165) is 36.1 Å². The zero-order valence-corrected chi connectivity index (χ0v) is 18.4. The molecule has 2 aromatic rings. The minimum Gasteiger partial charge on any atom is -0.490 e. The molecule has 6 heteroatoms. The third-order valence-corrected chi connectivity index (χ3v) is 4.72. The van der Waals surface area contributed by atoms with Gasteiger partial charge in [0.05, 0.1) is 19.8 Å². The van der Waals surface area contributed by atoms with E-state index in [1.165, 1.54) is 6.08 Å². The second-order valence-electron chi connectivity index (χ2n) is 7.16. The predicted molar refractivity (Wildman–Crippen MR) is 124 cm³/mol. The number of hydrogen-bond acceptors (Lipinski definition) is 5. The van der Waals surface area contributed by atoms with Crippen LogP contribution in [0.25, 0.3) is 5.57 Å². The first-order valence-electron chi connectivity index (χ1n) is 10.8. The molecule has 31 heavy (non-hydrogen) atoms. The lowest BCUT2D eigenvalue weighted by atomic mass is 10.0. The van der Waals surface area contributed by atoms with E-state index >= 15 is 0 Å². The molecule has 6 nitrogen and oxygen atoms in total. The van der Waals surface area contributed by atoms with Crippen LogP contribution in [0.1, 0.15) is 44.2 Å². The number of aliphatic carboxylic acids is 1. The van der Waals surface area contributed by atoms with Crippen molar-refractivity contribution in [2.24, 2.45) is 0 Å². The van der Waals surface area contributed by atoms with Crippen LogP contribution in [0.2, 0.25) is 0 Å². The Morgan fingerprint density at radius 1 is 1.00 bits per heavy atom. The average molecular weight is 428 g/mol. The fraction of sp³-hybridized carbons (Fsp3) is 0.400. The molecule has 3 N–H and O–H groups in total. The van der Waals surface area contributed by atoms with Crippen molar-refractivity contribution in [1.29, 1.82) is 0 Å². The topological polar surface area (TPSA) is 91.0 Å². The van der Waals surface area contributed by atoms with Crippen molar-refractivity contribution >= 4 is 17.2 Å². The molecule has 0 aromatic heterocycles. The summed E-state index contributed by atoms with van der Waals surface area (Å²) in [6, 6.07) is 13.3. The number of rotatable bonds is 14. The van der Waals surface area contributed by atoms with Gasteiger partial charge in [-0.3, -0.25) is 0 Å². The van der Waals surface area contributed by atoms with Crippen LogP contribution in [0.4, 0.5) is 5.69 Å². The number of ether oxygens (including phenoxy) is 3. The molecule has 0 aliphatic rings. The Hall–Kier alpha value is -2.99. The maximum absolute atomic E-state index is 11.3. The zero-order valence-electron chi connectivity index (χ0n) is 18.4. The molecule has 0 unspecified atom stereocenters. The first-order chi connectivity index (χ1) is 15.0. The number of anilines is 1. The molecule has 0 amide bonds. The van der Waals surface area contributed by atoms with Gasteiger partial charge in [0.1, 0.15) is 0 Å². The van der Waals surface area contributed by atoms with E-state index in [-0.39, 0.29) is 0 Å². The molecular weight excluding hydrogens is 394 g/mol. The molecule has 0 bridgehead atoms. The lowest BCUT2D eigenvalue weighted by molar-refractivity contribution is -0.131. The van der Waals surface area contributed by atoms with Crippen molar-refractivity contribution in [2.75, 3.05) is 32.2 Å². The van der Waals surface area contributed by atoms with Crippen molar-refractivity contribution in [3.63, 3.8) is 0 Å². The van der Waals surface area contributed by atoms with Crippen LogP contribution in [-0.2, 0) is 16.0 Å². The minimum absolute atomic E-state index is 0.460. The van der Waals surface area contributed by atoms with Crippen molar-refractivity contribution in [2.45, 2.75) is 39.5 Å². The van der Waals surface area contributed by atoms with Crippen LogP contribution >= 0.6 is 0 Å². The van der Waals surface area contributed by atoms with Gasteiger partial charge in [-0.2, -0.15) is 0 Å². The van der Waals surface area contributed by atoms with Crippen molar-refractivity contribution in [3.05, 3.63) is 59.7 Å². The fourth-order valence-corrected chi connectivity index (χ4v) is 3.00. The number of hydrogen-bond donors (Lipinski definition) is 2. The fourth-order valence-electron chi connectivity index (χ4n) is 3.00. The average Bonchev–Trinajstić information content (AvgIpc) is 2.75. The molecule has 2 rings (SSSR count). The maximum atomic E-state index is 11.3. The molecular formula is C25H33NO5.